The van der Waals surface area contributed by atoms with Crippen LogP contribution in [-0.4, -0.2) is 37.7 Å². The second kappa shape index (κ2) is 7.22. The Morgan fingerprint density at radius 3 is 2.46 bits per heavy atom. The average Bonchev–Trinajstić information content (AvgIpc) is 3.67. The number of aromatic nitrogens is 4. The number of nitrogens with zero attached hydrogens (tertiary/aromatic N) is 4. The summed E-state index contributed by atoms with van der Waals surface area (Å²) < 4.78 is 61.7. The predicted molar refractivity (Wildman–Crippen MR) is 114 cm³/mol. The van der Waals surface area contributed by atoms with Gasteiger partial charge in [-0.25, -0.2) is 32.2 Å². The van der Waals surface area contributed by atoms with Gasteiger partial charge in [-0.1, -0.05) is 6.07 Å². The van der Waals surface area contributed by atoms with Gasteiger partial charge in [0.05, 0.1) is 23.2 Å². The molecule has 0 aliphatic heterocycles. The van der Waals surface area contributed by atoms with Crippen LogP contribution in [-0.2, 0) is 17.0 Å². The van der Waals surface area contributed by atoms with Crippen LogP contribution in [0.1, 0.15) is 37.7 Å². The number of carbonyl (C=O) groups excluding carboxylic acids is 1. The first kappa shape index (κ1) is 21.9. The third kappa shape index (κ3) is 3.71. The first-order chi connectivity index (χ1) is 16.6. The molecule has 0 bridgehead atoms. The summed E-state index contributed by atoms with van der Waals surface area (Å²) in [5.41, 5.74) is -2.72. The Bertz CT molecular complexity index is 1420. The lowest BCUT2D eigenvalue weighted by molar-refractivity contribution is -0.117. The van der Waals surface area contributed by atoms with Gasteiger partial charge in [-0.2, -0.15) is 0 Å². The van der Waals surface area contributed by atoms with E-state index in [1.54, 1.807) is 0 Å². The number of anilines is 1. The van der Waals surface area contributed by atoms with Gasteiger partial charge in [-0.05, 0) is 43.4 Å². The minimum absolute atomic E-state index is 0.0275. The molecule has 1 aromatic carbocycles. The van der Waals surface area contributed by atoms with E-state index in [0.717, 1.165) is 17.1 Å². The van der Waals surface area contributed by atoms with Crippen molar-refractivity contribution in [3.05, 3.63) is 52.3 Å². The first-order valence-corrected chi connectivity index (χ1v) is 11.1. The van der Waals surface area contributed by atoms with Crippen LogP contribution in [0.2, 0.25) is 0 Å². The fourth-order valence-electron chi connectivity index (χ4n) is 4.68. The summed E-state index contributed by atoms with van der Waals surface area (Å²) in [6.45, 7) is -0.534. The molecule has 3 aliphatic carbocycles. The van der Waals surface area contributed by atoms with Crippen molar-refractivity contribution in [3.8, 4) is 5.88 Å². The van der Waals surface area contributed by atoms with Crippen molar-refractivity contribution in [2.24, 2.45) is 5.41 Å². The summed E-state index contributed by atoms with van der Waals surface area (Å²) in [5, 5.41) is 6.93. The van der Waals surface area contributed by atoms with Gasteiger partial charge in [0.1, 0.15) is 18.3 Å². The number of hydrogen-bond acceptors (Lipinski definition) is 6. The molecule has 0 unspecified atom stereocenters. The van der Waals surface area contributed by atoms with Crippen LogP contribution in [0.4, 0.5) is 23.5 Å². The van der Waals surface area contributed by atoms with Crippen LogP contribution in [0.3, 0.4) is 0 Å². The van der Waals surface area contributed by atoms with Gasteiger partial charge in [0.2, 0.25) is 17.7 Å². The molecule has 2 aromatic heterocycles. The SMILES string of the molecule is O=C(Cn1nc(OC2CC3(C2)CC3(F)F)c2cc(C3(F)CC3)ccc2c1=O)Nc1ncc(F)cn1. The first-order valence-electron chi connectivity index (χ1n) is 11.1. The lowest BCUT2D eigenvalue weighted by Crippen LogP contribution is -2.39. The second-order valence-corrected chi connectivity index (χ2v) is 9.58. The quantitative estimate of drug-likeness (QED) is 0.533. The number of amides is 1. The maximum absolute atomic E-state index is 14.7. The van der Waals surface area contributed by atoms with Gasteiger partial charge < -0.3 is 4.74 Å². The number of fused-ring (bicyclic) bond motifs is 1. The molecule has 0 saturated heterocycles. The van der Waals surface area contributed by atoms with E-state index in [1.165, 1.54) is 18.2 Å². The third-order valence-electron chi connectivity index (χ3n) is 7.02. The molecule has 2 heterocycles. The van der Waals surface area contributed by atoms with E-state index in [4.69, 9.17) is 4.74 Å². The normalized spacial score (nSPS) is 25.2. The summed E-state index contributed by atoms with van der Waals surface area (Å²) in [5.74, 6) is -4.26. The van der Waals surface area contributed by atoms with Crippen LogP contribution in [0.15, 0.2) is 35.4 Å². The van der Waals surface area contributed by atoms with Crippen molar-refractivity contribution < 1.29 is 27.1 Å². The molecule has 1 N–H and O–H groups in total. The number of alkyl halides is 3. The highest BCUT2D eigenvalue weighted by Gasteiger charge is 2.76. The van der Waals surface area contributed by atoms with E-state index >= 15 is 0 Å². The van der Waals surface area contributed by atoms with Crippen molar-refractivity contribution >= 4 is 22.6 Å². The highest BCUT2D eigenvalue weighted by molar-refractivity contribution is 5.90. The fourth-order valence-corrected chi connectivity index (χ4v) is 4.68. The number of rotatable bonds is 6. The van der Waals surface area contributed by atoms with Gasteiger partial charge in [-0.15, -0.1) is 5.10 Å². The maximum atomic E-state index is 14.7. The summed E-state index contributed by atoms with van der Waals surface area (Å²) in [6, 6.07) is 4.47. The van der Waals surface area contributed by atoms with Crippen molar-refractivity contribution in [1.29, 1.82) is 0 Å². The summed E-state index contributed by atoms with van der Waals surface area (Å²) >= 11 is 0. The average molecular weight is 489 g/mol. The van der Waals surface area contributed by atoms with Crippen molar-refractivity contribution in [3.63, 3.8) is 0 Å². The van der Waals surface area contributed by atoms with E-state index in [1.807, 2.05) is 0 Å². The number of hydrogen-bond donors (Lipinski definition) is 1. The van der Waals surface area contributed by atoms with E-state index in [2.05, 4.69) is 20.4 Å². The zero-order chi connectivity index (χ0) is 24.6. The molecule has 3 fully saturated rings. The van der Waals surface area contributed by atoms with Crippen LogP contribution < -0.4 is 15.6 Å². The van der Waals surface area contributed by atoms with E-state index in [-0.39, 0.29) is 41.9 Å². The third-order valence-corrected chi connectivity index (χ3v) is 7.02. The molecule has 0 atom stereocenters. The molecule has 3 aliphatic rings. The summed E-state index contributed by atoms with van der Waals surface area (Å²) in [4.78, 5) is 32.8. The Labute approximate surface area is 195 Å². The van der Waals surface area contributed by atoms with Gasteiger partial charge in [0, 0.05) is 11.8 Å². The maximum Gasteiger partial charge on any atom is 0.275 e. The molecule has 1 amide bonds. The Kier molecular flexibility index (Phi) is 4.52. The lowest BCUT2D eigenvalue weighted by Gasteiger charge is -2.35. The molecule has 3 saturated carbocycles. The molecular formula is C23H19F4N5O3. The molecular weight excluding hydrogens is 470 g/mol. The minimum atomic E-state index is -2.69. The van der Waals surface area contributed by atoms with Crippen LogP contribution in [0.25, 0.3) is 10.8 Å². The van der Waals surface area contributed by atoms with Gasteiger partial charge >= 0.3 is 0 Å². The van der Waals surface area contributed by atoms with E-state index < -0.39 is 46.9 Å². The van der Waals surface area contributed by atoms with E-state index in [0.29, 0.717) is 18.4 Å². The zero-order valence-electron chi connectivity index (χ0n) is 18.2. The topological polar surface area (TPSA) is 99.0 Å². The number of halogens is 4. The largest absolute Gasteiger partial charge is 0.473 e. The highest BCUT2D eigenvalue weighted by atomic mass is 19.3. The van der Waals surface area contributed by atoms with Crippen molar-refractivity contribution in [2.45, 2.75) is 56.3 Å². The molecule has 35 heavy (non-hydrogen) atoms. The lowest BCUT2D eigenvalue weighted by atomic mass is 9.78. The number of carbonyl (C=O) groups is 1. The summed E-state index contributed by atoms with van der Waals surface area (Å²) in [6.07, 6.45) is 2.08. The highest BCUT2D eigenvalue weighted by Crippen LogP contribution is 2.71. The Balaban J connectivity index is 1.31. The zero-order valence-corrected chi connectivity index (χ0v) is 18.2. The molecule has 0 radical (unpaired) electrons. The molecule has 6 rings (SSSR count). The van der Waals surface area contributed by atoms with Crippen LogP contribution in [0.5, 0.6) is 5.88 Å². The second-order valence-electron chi connectivity index (χ2n) is 9.58. The van der Waals surface area contributed by atoms with Crippen LogP contribution in [0, 0.1) is 11.2 Å². The predicted octanol–water partition coefficient (Wildman–Crippen LogP) is 3.49. The van der Waals surface area contributed by atoms with Crippen molar-refractivity contribution in [1.82, 2.24) is 19.7 Å². The van der Waals surface area contributed by atoms with Crippen LogP contribution >= 0.6 is 0 Å². The number of ether oxygens (including phenoxy) is 1. The molecule has 8 nitrogen and oxygen atoms in total. The summed E-state index contributed by atoms with van der Waals surface area (Å²) in [7, 11) is 0. The Morgan fingerprint density at radius 2 is 1.83 bits per heavy atom. The minimum Gasteiger partial charge on any atom is -0.473 e. The molecule has 182 valence electrons. The standard InChI is InChI=1S/C23H19F4N5O3/c24-13-8-28-20(29-9-13)30-17(33)10-32-19(34)15-2-1-12(22(25)3-4-22)5-16(15)18(31-32)35-14-6-21(7-14)11-23(21,26)27/h1-2,5,8-9,14H,3-4,6-7,10-11H2,(H,28,29,30,33). The Morgan fingerprint density at radius 1 is 1.14 bits per heavy atom. The molecule has 1 spiro atoms. The fraction of sp³-hybridized carbons (Fsp3) is 0.435. The smallest absolute Gasteiger partial charge is 0.275 e. The van der Waals surface area contributed by atoms with E-state index in [9.17, 15) is 27.2 Å². The van der Waals surface area contributed by atoms with Gasteiger partial charge in [0.15, 0.2) is 5.82 Å². The molecule has 12 heteroatoms. The Hall–Kier alpha value is -3.57. The van der Waals surface area contributed by atoms with Gasteiger partial charge in [-0.3, -0.25) is 14.9 Å². The molecule has 3 aromatic rings. The number of nitrogens with one attached hydrogen (secondary N) is 1. The number of benzene rings is 1. The monoisotopic (exact) mass is 489 g/mol. The van der Waals surface area contributed by atoms with Gasteiger partial charge in [0.25, 0.3) is 11.5 Å². The van der Waals surface area contributed by atoms with Crippen molar-refractivity contribution in [2.75, 3.05) is 5.32 Å².